The van der Waals surface area contributed by atoms with Crippen LogP contribution in [0.4, 0.5) is 0 Å². The maximum atomic E-state index is 5.19. The number of hydrogen-bond acceptors (Lipinski definition) is 2. The Kier molecular flexibility index (Phi) is 8.26. The number of nitrogens with zero attached hydrogens (tertiary/aromatic N) is 1. The quantitative estimate of drug-likeness (QED) is 0.463. The molecule has 0 aromatic heterocycles. The fraction of sp³-hybridized carbons (Fsp3) is 0.500. The molecule has 0 bridgehead atoms. The first-order chi connectivity index (χ1) is 4.22. The molecule has 0 heterocycles. The van der Waals surface area contributed by atoms with Gasteiger partial charge in [0.25, 0.3) is 0 Å². The molecule has 0 rings (SSSR count). The van der Waals surface area contributed by atoms with Gasteiger partial charge < -0.3 is 11.2 Å². The lowest BCUT2D eigenvalue weighted by Gasteiger charge is -2.02. The summed E-state index contributed by atoms with van der Waals surface area (Å²) in [5.74, 6) is 0. The highest BCUT2D eigenvalue weighted by Crippen LogP contribution is 2.26. The number of rotatable bonds is 2. The maximum absolute atomic E-state index is 5.19. The number of aliphatic imine (C=N–C) groups is 1. The number of hydrogen-bond donors (Lipinski definition) is 1. The summed E-state index contributed by atoms with van der Waals surface area (Å²) < 4.78 is 0. The van der Waals surface area contributed by atoms with Gasteiger partial charge in [-0.2, -0.15) is 0 Å². The van der Waals surface area contributed by atoms with E-state index in [1.807, 2.05) is 6.08 Å². The fourth-order valence-corrected chi connectivity index (χ4v) is 1.29. The van der Waals surface area contributed by atoms with Crippen LogP contribution < -0.4 is 5.73 Å². The van der Waals surface area contributed by atoms with Crippen molar-refractivity contribution < 1.29 is 5.48 Å². The first-order valence-corrected chi connectivity index (χ1v) is 4.98. The lowest BCUT2D eigenvalue weighted by atomic mass is 10.6. The van der Waals surface area contributed by atoms with E-state index in [0.29, 0.717) is 0 Å². The van der Waals surface area contributed by atoms with E-state index in [4.69, 9.17) is 5.73 Å². The zero-order chi connectivity index (χ0) is 7.28. The molecule has 0 aromatic carbocycles. The average Bonchev–Trinajstić information content (AvgIpc) is 1.82. The van der Waals surface area contributed by atoms with Crippen LogP contribution in [0.15, 0.2) is 17.3 Å². The molecule has 0 aliphatic heterocycles. The Balaban J connectivity index is 0. The van der Waals surface area contributed by atoms with E-state index in [1.165, 1.54) is 6.20 Å². The molecule has 4 N–H and O–H groups in total. The van der Waals surface area contributed by atoms with Crippen molar-refractivity contribution in [1.82, 2.24) is 0 Å². The third-order valence-corrected chi connectivity index (χ3v) is 2.20. The Bertz CT molecular complexity index is 132. The first kappa shape index (κ1) is 12.3. The second-order valence-corrected chi connectivity index (χ2v) is 4.08. The average molecular weight is 162 g/mol. The smallest absolute Gasteiger partial charge is 0.0581 e. The summed E-state index contributed by atoms with van der Waals surface area (Å²) in [6.07, 6.45) is 3.39. The minimum Gasteiger partial charge on any atom is -0.412 e. The molecular weight excluding hydrogens is 147 g/mol. The van der Waals surface area contributed by atoms with Gasteiger partial charge in [-0.15, -0.1) is 0 Å². The predicted octanol–water partition coefficient (Wildman–Crippen LogP) is 0.404. The van der Waals surface area contributed by atoms with E-state index in [2.05, 4.69) is 18.3 Å². The Morgan fingerprint density at radius 1 is 1.50 bits per heavy atom. The van der Waals surface area contributed by atoms with Crippen LogP contribution in [0.3, 0.4) is 0 Å². The topological polar surface area (TPSA) is 69.9 Å². The zero-order valence-electron chi connectivity index (χ0n) is 6.63. The summed E-state index contributed by atoms with van der Waals surface area (Å²) in [5, 5.41) is 0. The minimum absolute atomic E-state index is 0. The number of allylic oxidation sites excluding steroid dienone is 1. The molecule has 0 saturated carbocycles. The summed E-state index contributed by atoms with van der Waals surface area (Å²) in [6, 6.07) is 0. The molecule has 0 fully saturated rings. The Morgan fingerprint density at radius 2 is 2.00 bits per heavy atom. The molecule has 4 heteroatoms. The zero-order valence-corrected chi connectivity index (χ0v) is 7.52. The fourth-order valence-electron chi connectivity index (χ4n) is 0.510. The predicted molar refractivity (Wildman–Crippen MR) is 49.1 cm³/mol. The molecule has 3 nitrogen and oxygen atoms in total. The van der Waals surface area contributed by atoms with Crippen molar-refractivity contribution in [2.45, 2.75) is 0 Å². The molecule has 0 amide bonds. The van der Waals surface area contributed by atoms with Gasteiger partial charge in [-0.05, 0) is 25.6 Å². The standard InChI is InChI=1S/C6H13N2P.H2O/c1-8-6(4-5-7)9(2)3;/h4-5H,7H2,1-3H3;1H2/b5-4-,8-6?;. The lowest BCUT2D eigenvalue weighted by Crippen LogP contribution is -1.90. The van der Waals surface area contributed by atoms with E-state index in [1.54, 1.807) is 7.05 Å². The van der Waals surface area contributed by atoms with Crippen molar-refractivity contribution in [1.29, 1.82) is 0 Å². The van der Waals surface area contributed by atoms with E-state index in [-0.39, 0.29) is 13.4 Å². The largest absolute Gasteiger partial charge is 0.412 e. The second-order valence-electron chi connectivity index (χ2n) is 1.84. The third kappa shape index (κ3) is 4.48. The molecule has 10 heavy (non-hydrogen) atoms. The summed E-state index contributed by atoms with van der Waals surface area (Å²) in [7, 11) is 1.70. The van der Waals surface area contributed by atoms with Crippen LogP contribution in [-0.4, -0.2) is 31.3 Å². The molecule has 0 radical (unpaired) electrons. The highest BCUT2D eigenvalue weighted by molar-refractivity contribution is 7.74. The van der Waals surface area contributed by atoms with Crippen molar-refractivity contribution in [3.8, 4) is 0 Å². The summed E-state index contributed by atoms with van der Waals surface area (Å²) in [6.45, 7) is 4.30. The van der Waals surface area contributed by atoms with Crippen LogP contribution in [-0.2, 0) is 0 Å². The van der Waals surface area contributed by atoms with Crippen molar-refractivity contribution in [3.63, 3.8) is 0 Å². The molecule has 60 valence electrons. The van der Waals surface area contributed by atoms with Gasteiger partial charge in [0.05, 0.1) is 5.45 Å². The highest BCUT2D eigenvalue weighted by Gasteiger charge is 1.95. The summed E-state index contributed by atoms with van der Waals surface area (Å²) >= 11 is 0. The van der Waals surface area contributed by atoms with Crippen molar-refractivity contribution in [3.05, 3.63) is 12.3 Å². The molecule has 0 unspecified atom stereocenters. The molecule has 0 saturated heterocycles. The normalized spacial score (nSPS) is 12.2. The van der Waals surface area contributed by atoms with Crippen molar-refractivity contribution in [2.75, 3.05) is 20.4 Å². The van der Waals surface area contributed by atoms with Gasteiger partial charge in [0.2, 0.25) is 0 Å². The van der Waals surface area contributed by atoms with E-state index in [9.17, 15) is 0 Å². The van der Waals surface area contributed by atoms with Crippen LogP contribution in [0, 0.1) is 0 Å². The third-order valence-electron chi connectivity index (χ3n) is 0.933. The van der Waals surface area contributed by atoms with Crippen LogP contribution in [0.1, 0.15) is 0 Å². The van der Waals surface area contributed by atoms with E-state index in [0.717, 1.165) is 5.45 Å². The molecule has 0 aliphatic carbocycles. The molecular formula is C6H15N2OP. The van der Waals surface area contributed by atoms with E-state index >= 15 is 0 Å². The highest BCUT2D eigenvalue weighted by atomic mass is 31.1. The van der Waals surface area contributed by atoms with Gasteiger partial charge in [0, 0.05) is 7.05 Å². The molecule has 0 atom stereocenters. The maximum Gasteiger partial charge on any atom is 0.0581 e. The number of nitrogens with two attached hydrogens (primary N) is 1. The summed E-state index contributed by atoms with van der Waals surface area (Å²) in [4.78, 5) is 4.06. The van der Waals surface area contributed by atoms with Crippen LogP contribution in [0.25, 0.3) is 0 Å². The Hall–Kier alpha value is -0.400. The molecule has 0 spiro atoms. The molecule has 0 aliphatic rings. The van der Waals surface area contributed by atoms with Crippen LogP contribution >= 0.6 is 7.92 Å². The van der Waals surface area contributed by atoms with Crippen LogP contribution in [0.5, 0.6) is 0 Å². The van der Waals surface area contributed by atoms with Crippen LogP contribution in [0.2, 0.25) is 0 Å². The monoisotopic (exact) mass is 162 g/mol. The first-order valence-electron chi connectivity index (χ1n) is 2.74. The van der Waals surface area contributed by atoms with Gasteiger partial charge >= 0.3 is 0 Å². The Morgan fingerprint density at radius 3 is 2.10 bits per heavy atom. The Labute approximate surface area is 63.1 Å². The van der Waals surface area contributed by atoms with Gasteiger partial charge in [0.15, 0.2) is 0 Å². The van der Waals surface area contributed by atoms with Gasteiger partial charge in [-0.3, -0.25) is 4.99 Å². The lowest BCUT2D eigenvalue weighted by molar-refractivity contribution is 0.824. The second kappa shape index (κ2) is 6.72. The van der Waals surface area contributed by atoms with Gasteiger partial charge in [-0.25, -0.2) is 0 Å². The summed E-state index contributed by atoms with van der Waals surface area (Å²) in [5.41, 5.74) is 6.30. The van der Waals surface area contributed by atoms with Gasteiger partial charge in [0.1, 0.15) is 0 Å². The SMILES string of the molecule is CN=C(/C=C\N)P(C)C.O. The van der Waals surface area contributed by atoms with Crippen molar-refractivity contribution >= 4 is 13.4 Å². The van der Waals surface area contributed by atoms with Crippen molar-refractivity contribution in [2.24, 2.45) is 10.7 Å². The molecule has 0 aromatic rings. The van der Waals surface area contributed by atoms with E-state index < -0.39 is 0 Å². The van der Waals surface area contributed by atoms with Gasteiger partial charge in [-0.1, -0.05) is 7.92 Å². The minimum atomic E-state index is -0.0867.